The summed E-state index contributed by atoms with van der Waals surface area (Å²) in [5.41, 5.74) is 1.02. The van der Waals surface area contributed by atoms with E-state index in [4.69, 9.17) is 17.0 Å². The van der Waals surface area contributed by atoms with Crippen LogP contribution in [0.5, 0.6) is 11.5 Å². The van der Waals surface area contributed by atoms with Gasteiger partial charge in [-0.3, -0.25) is 0 Å². The van der Waals surface area contributed by atoms with Crippen molar-refractivity contribution in [2.45, 2.75) is 13.3 Å². The molecule has 2 N–H and O–H groups in total. The number of phenolic OH excluding ortho intramolecular Hbond substituents is 1. The molecule has 0 saturated heterocycles. The molecule has 0 unspecified atom stereocenters. The number of H-pyrrole nitrogens is 1. The average molecular weight is 372 g/mol. The summed E-state index contributed by atoms with van der Waals surface area (Å²) >= 11 is 5.18. The van der Waals surface area contributed by atoms with Crippen LogP contribution in [0.1, 0.15) is 18.9 Å². The number of aromatic hydroxyl groups is 1. The smallest absolute Gasteiger partial charge is 0.216 e. The molecule has 0 atom stereocenters. The third kappa shape index (κ3) is 3.97. The topological polar surface area (TPSA) is 75.4 Å². The zero-order valence-electron chi connectivity index (χ0n) is 14.0. The highest BCUT2D eigenvalue weighted by atomic mass is 32.1. The Kier molecular flexibility index (Phi) is 5.43. The molecule has 1 heterocycles. The lowest BCUT2D eigenvalue weighted by Gasteiger charge is -2.06. The SMILES string of the molecule is CCCOc1ccc(/C=N/n2c(-c3cccc(F)c3)n[nH]c2=S)c(O)c1. The summed E-state index contributed by atoms with van der Waals surface area (Å²) in [7, 11) is 0. The molecule has 3 rings (SSSR count). The van der Waals surface area contributed by atoms with Gasteiger partial charge >= 0.3 is 0 Å². The van der Waals surface area contributed by atoms with E-state index in [-0.39, 0.29) is 16.3 Å². The second-order valence-electron chi connectivity index (χ2n) is 5.49. The predicted molar refractivity (Wildman–Crippen MR) is 99.7 cm³/mol. The normalized spacial score (nSPS) is 11.2. The summed E-state index contributed by atoms with van der Waals surface area (Å²) in [6.07, 6.45) is 2.33. The van der Waals surface area contributed by atoms with E-state index in [9.17, 15) is 9.50 Å². The molecule has 0 aliphatic carbocycles. The molecule has 1 aromatic heterocycles. The molecule has 0 aliphatic rings. The number of ether oxygens (including phenoxy) is 1. The monoisotopic (exact) mass is 372 g/mol. The Morgan fingerprint density at radius 1 is 1.35 bits per heavy atom. The van der Waals surface area contributed by atoms with Crippen LogP contribution < -0.4 is 4.74 Å². The van der Waals surface area contributed by atoms with Gasteiger partial charge in [0.2, 0.25) is 4.77 Å². The number of rotatable bonds is 6. The zero-order chi connectivity index (χ0) is 18.5. The van der Waals surface area contributed by atoms with Gasteiger partial charge in [-0.25, -0.2) is 9.49 Å². The molecule has 0 saturated carbocycles. The average Bonchev–Trinajstić information content (AvgIpc) is 3.00. The van der Waals surface area contributed by atoms with E-state index in [0.717, 1.165) is 6.42 Å². The molecule has 0 radical (unpaired) electrons. The second-order valence-corrected chi connectivity index (χ2v) is 5.87. The summed E-state index contributed by atoms with van der Waals surface area (Å²) < 4.78 is 20.6. The van der Waals surface area contributed by atoms with E-state index in [1.165, 1.54) is 29.1 Å². The molecule has 2 aromatic carbocycles. The summed E-state index contributed by atoms with van der Waals surface area (Å²) in [6, 6.07) is 10.9. The van der Waals surface area contributed by atoms with Crippen molar-refractivity contribution in [2.75, 3.05) is 6.61 Å². The van der Waals surface area contributed by atoms with Gasteiger partial charge in [-0.05, 0) is 42.9 Å². The van der Waals surface area contributed by atoms with Gasteiger partial charge in [0.1, 0.15) is 17.3 Å². The molecule has 8 heteroatoms. The fraction of sp³-hybridized carbons (Fsp3) is 0.167. The van der Waals surface area contributed by atoms with Crippen LogP contribution in [0, 0.1) is 10.6 Å². The van der Waals surface area contributed by atoms with E-state index < -0.39 is 0 Å². The Morgan fingerprint density at radius 2 is 2.19 bits per heavy atom. The van der Waals surface area contributed by atoms with Crippen LogP contribution in [-0.4, -0.2) is 32.8 Å². The number of halogens is 1. The fourth-order valence-electron chi connectivity index (χ4n) is 2.28. The van der Waals surface area contributed by atoms with Crippen molar-refractivity contribution >= 4 is 18.4 Å². The van der Waals surface area contributed by atoms with Crippen LogP contribution in [0.25, 0.3) is 11.4 Å². The van der Waals surface area contributed by atoms with Gasteiger partial charge in [0, 0.05) is 17.2 Å². The summed E-state index contributed by atoms with van der Waals surface area (Å²) in [5, 5.41) is 21.1. The Balaban J connectivity index is 1.90. The second kappa shape index (κ2) is 7.92. The van der Waals surface area contributed by atoms with E-state index in [1.807, 2.05) is 6.92 Å². The van der Waals surface area contributed by atoms with Crippen molar-refractivity contribution < 1.29 is 14.2 Å². The standard InChI is InChI=1S/C18H17FN4O2S/c1-2-8-25-15-7-6-13(16(24)10-15)11-20-23-17(21-22-18(23)26)12-4-3-5-14(19)9-12/h3-7,9-11,24H,2,8H2,1H3,(H,22,26)/b20-11+. The number of nitrogens with one attached hydrogen (secondary N) is 1. The van der Waals surface area contributed by atoms with Gasteiger partial charge in [0.25, 0.3) is 0 Å². The number of phenols is 1. The predicted octanol–water partition coefficient (Wildman–Crippen LogP) is 4.12. The minimum atomic E-state index is -0.382. The largest absolute Gasteiger partial charge is 0.507 e. The molecular formula is C18H17FN4O2S. The Labute approximate surface area is 154 Å². The fourth-order valence-corrected chi connectivity index (χ4v) is 2.45. The first kappa shape index (κ1) is 17.8. The Bertz CT molecular complexity index is 997. The molecule has 0 bridgehead atoms. The molecule has 0 aliphatic heterocycles. The number of hydrogen-bond donors (Lipinski definition) is 2. The molecule has 3 aromatic rings. The molecule has 0 fully saturated rings. The van der Waals surface area contributed by atoms with E-state index in [2.05, 4.69) is 15.3 Å². The molecule has 0 spiro atoms. The number of hydrogen-bond acceptors (Lipinski definition) is 5. The van der Waals surface area contributed by atoms with Crippen molar-refractivity contribution in [1.82, 2.24) is 14.9 Å². The van der Waals surface area contributed by atoms with Crippen LogP contribution in [0.2, 0.25) is 0 Å². The number of aromatic amines is 1. The van der Waals surface area contributed by atoms with Crippen molar-refractivity contribution in [2.24, 2.45) is 5.10 Å². The maximum Gasteiger partial charge on any atom is 0.216 e. The maximum absolute atomic E-state index is 13.5. The molecule has 134 valence electrons. The van der Waals surface area contributed by atoms with Crippen molar-refractivity contribution in [3.05, 3.63) is 58.6 Å². The van der Waals surface area contributed by atoms with Crippen LogP contribution in [-0.2, 0) is 0 Å². The number of benzene rings is 2. The highest BCUT2D eigenvalue weighted by molar-refractivity contribution is 7.71. The van der Waals surface area contributed by atoms with Gasteiger partial charge in [-0.15, -0.1) is 0 Å². The molecule has 0 amide bonds. The lowest BCUT2D eigenvalue weighted by molar-refractivity contribution is 0.315. The highest BCUT2D eigenvalue weighted by Crippen LogP contribution is 2.23. The number of aromatic nitrogens is 3. The highest BCUT2D eigenvalue weighted by Gasteiger charge is 2.09. The van der Waals surface area contributed by atoms with Gasteiger partial charge in [0.05, 0.1) is 12.8 Å². The maximum atomic E-state index is 13.5. The van der Waals surface area contributed by atoms with E-state index in [0.29, 0.717) is 29.3 Å². The first-order valence-electron chi connectivity index (χ1n) is 8.02. The van der Waals surface area contributed by atoms with Gasteiger partial charge in [0.15, 0.2) is 5.82 Å². The Hall–Kier alpha value is -3.00. The third-order valence-electron chi connectivity index (χ3n) is 3.52. The van der Waals surface area contributed by atoms with Crippen LogP contribution in [0.15, 0.2) is 47.6 Å². The van der Waals surface area contributed by atoms with E-state index >= 15 is 0 Å². The summed E-state index contributed by atoms with van der Waals surface area (Å²) in [6.45, 7) is 2.58. The minimum absolute atomic E-state index is 0.0321. The first-order chi connectivity index (χ1) is 12.6. The lowest BCUT2D eigenvalue weighted by atomic mass is 10.2. The Morgan fingerprint density at radius 3 is 2.92 bits per heavy atom. The zero-order valence-corrected chi connectivity index (χ0v) is 14.8. The van der Waals surface area contributed by atoms with Gasteiger partial charge in [-0.1, -0.05) is 19.1 Å². The van der Waals surface area contributed by atoms with Crippen LogP contribution in [0.4, 0.5) is 4.39 Å². The summed E-state index contributed by atoms with van der Waals surface area (Å²) in [4.78, 5) is 0. The van der Waals surface area contributed by atoms with Crippen LogP contribution >= 0.6 is 12.2 Å². The van der Waals surface area contributed by atoms with Crippen molar-refractivity contribution in [3.8, 4) is 22.9 Å². The van der Waals surface area contributed by atoms with Gasteiger partial charge < -0.3 is 9.84 Å². The molecular weight excluding hydrogens is 355 g/mol. The van der Waals surface area contributed by atoms with Crippen molar-refractivity contribution in [3.63, 3.8) is 0 Å². The third-order valence-corrected chi connectivity index (χ3v) is 3.78. The molecule has 26 heavy (non-hydrogen) atoms. The van der Waals surface area contributed by atoms with E-state index in [1.54, 1.807) is 24.3 Å². The first-order valence-corrected chi connectivity index (χ1v) is 8.43. The van der Waals surface area contributed by atoms with Crippen LogP contribution in [0.3, 0.4) is 0 Å². The van der Waals surface area contributed by atoms with Crippen molar-refractivity contribution in [1.29, 1.82) is 0 Å². The molecule has 6 nitrogen and oxygen atoms in total. The number of nitrogens with zero attached hydrogens (tertiary/aromatic N) is 3. The van der Waals surface area contributed by atoms with Gasteiger partial charge in [-0.2, -0.15) is 14.9 Å². The summed E-state index contributed by atoms with van der Waals surface area (Å²) in [5.74, 6) is 0.604. The minimum Gasteiger partial charge on any atom is -0.507 e. The quantitative estimate of drug-likeness (QED) is 0.504. The lowest BCUT2D eigenvalue weighted by Crippen LogP contribution is -1.97.